The normalized spacial score (nSPS) is 27.8. The van der Waals surface area contributed by atoms with Crippen LogP contribution in [-0.2, 0) is 4.79 Å². The highest BCUT2D eigenvalue weighted by atomic mass is 19.3. The van der Waals surface area contributed by atoms with Crippen molar-refractivity contribution in [3.05, 3.63) is 0 Å². The van der Waals surface area contributed by atoms with Gasteiger partial charge >= 0.3 is 0 Å². The topological polar surface area (TPSA) is 66.6 Å². The average molecular weight is 208 g/mol. The van der Waals surface area contributed by atoms with Crippen LogP contribution in [0.2, 0.25) is 0 Å². The molecule has 0 aromatic rings. The Morgan fingerprint density at radius 3 is 2.79 bits per heavy atom. The van der Waals surface area contributed by atoms with E-state index in [0.717, 1.165) is 4.90 Å². The van der Waals surface area contributed by atoms with Crippen molar-refractivity contribution in [2.75, 3.05) is 13.2 Å². The minimum atomic E-state index is -2.90. The van der Waals surface area contributed by atoms with Crippen LogP contribution in [0.25, 0.3) is 0 Å². The molecule has 82 valence electrons. The highest BCUT2D eigenvalue weighted by Gasteiger charge is 2.46. The molecule has 1 rings (SSSR count). The molecule has 0 unspecified atom stereocenters. The molecule has 1 saturated heterocycles. The summed E-state index contributed by atoms with van der Waals surface area (Å²) in [5, 5.41) is 8.83. The first-order chi connectivity index (χ1) is 6.37. The van der Waals surface area contributed by atoms with E-state index >= 15 is 0 Å². The highest BCUT2D eigenvalue weighted by molar-refractivity contribution is 5.81. The summed E-state index contributed by atoms with van der Waals surface area (Å²) in [7, 11) is 0. The predicted molar refractivity (Wildman–Crippen MR) is 45.8 cm³/mol. The van der Waals surface area contributed by atoms with Crippen LogP contribution in [-0.4, -0.2) is 47.1 Å². The number of hydrogen-bond acceptors (Lipinski definition) is 3. The monoisotopic (exact) mass is 208 g/mol. The average Bonchev–Trinajstić information content (AvgIpc) is 2.39. The largest absolute Gasteiger partial charge is 0.394 e. The van der Waals surface area contributed by atoms with Crippen molar-refractivity contribution in [1.82, 2.24) is 4.90 Å². The Kier molecular flexibility index (Phi) is 3.06. The maximum Gasteiger partial charge on any atom is 0.267 e. The Bertz CT molecular complexity index is 233. The fourth-order valence-electron chi connectivity index (χ4n) is 1.58. The van der Waals surface area contributed by atoms with E-state index in [0.29, 0.717) is 0 Å². The Balaban J connectivity index is 2.73. The van der Waals surface area contributed by atoms with Gasteiger partial charge in [0.1, 0.15) is 0 Å². The number of aliphatic hydroxyl groups excluding tert-OH is 1. The summed E-state index contributed by atoms with van der Waals surface area (Å²) < 4.78 is 25.8. The lowest BCUT2D eigenvalue weighted by Gasteiger charge is -2.23. The predicted octanol–water partition coefficient (Wildman–Crippen LogP) is -0.438. The number of rotatable bonds is 2. The molecule has 0 bridgehead atoms. The van der Waals surface area contributed by atoms with Crippen LogP contribution in [0.1, 0.15) is 13.3 Å². The number of aliphatic hydroxyl groups is 1. The second-order valence-corrected chi connectivity index (χ2v) is 3.65. The van der Waals surface area contributed by atoms with Crippen molar-refractivity contribution < 1.29 is 18.7 Å². The second-order valence-electron chi connectivity index (χ2n) is 3.65. The van der Waals surface area contributed by atoms with Gasteiger partial charge in [0.25, 0.3) is 5.92 Å². The zero-order valence-electron chi connectivity index (χ0n) is 7.91. The maximum atomic E-state index is 12.9. The molecule has 1 aliphatic rings. The lowest BCUT2D eigenvalue weighted by Crippen LogP contribution is -2.46. The van der Waals surface area contributed by atoms with E-state index in [4.69, 9.17) is 10.8 Å². The number of hydrogen-bond donors (Lipinski definition) is 2. The van der Waals surface area contributed by atoms with Gasteiger partial charge in [-0.25, -0.2) is 8.78 Å². The summed E-state index contributed by atoms with van der Waals surface area (Å²) in [5.41, 5.74) is 5.30. The minimum Gasteiger partial charge on any atom is -0.394 e. The molecule has 1 heterocycles. The van der Waals surface area contributed by atoms with Gasteiger partial charge in [-0.3, -0.25) is 4.79 Å². The number of nitrogens with two attached hydrogens (primary N) is 1. The molecule has 4 nitrogen and oxygen atoms in total. The minimum absolute atomic E-state index is 0.450. The van der Waals surface area contributed by atoms with E-state index < -0.39 is 43.5 Å². The van der Waals surface area contributed by atoms with Crippen LogP contribution in [0.15, 0.2) is 0 Å². The lowest BCUT2D eigenvalue weighted by atomic mass is 10.2. The van der Waals surface area contributed by atoms with Gasteiger partial charge in [-0.1, -0.05) is 0 Å². The van der Waals surface area contributed by atoms with Gasteiger partial charge in [-0.15, -0.1) is 0 Å². The third kappa shape index (κ3) is 2.19. The molecule has 0 saturated carbocycles. The fourth-order valence-corrected chi connectivity index (χ4v) is 1.58. The molecule has 1 fully saturated rings. The smallest absolute Gasteiger partial charge is 0.267 e. The van der Waals surface area contributed by atoms with Gasteiger partial charge in [-0.2, -0.15) is 0 Å². The Morgan fingerprint density at radius 2 is 2.36 bits per heavy atom. The first kappa shape index (κ1) is 11.3. The zero-order chi connectivity index (χ0) is 10.9. The van der Waals surface area contributed by atoms with Gasteiger partial charge in [0.15, 0.2) is 0 Å². The number of carbonyl (C=O) groups is 1. The second kappa shape index (κ2) is 3.78. The quantitative estimate of drug-likeness (QED) is 0.646. The first-order valence-electron chi connectivity index (χ1n) is 4.42. The summed E-state index contributed by atoms with van der Waals surface area (Å²) in [5.74, 6) is -3.45. The maximum absolute atomic E-state index is 12.9. The van der Waals surface area contributed by atoms with Crippen molar-refractivity contribution >= 4 is 5.91 Å². The molecule has 14 heavy (non-hydrogen) atoms. The van der Waals surface area contributed by atoms with E-state index in [1.54, 1.807) is 0 Å². The van der Waals surface area contributed by atoms with E-state index in [1.165, 1.54) is 6.92 Å². The fraction of sp³-hybridized carbons (Fsp3) is 0.875. The molecule has 2 atom stereocenters. The van der Waals surface area contributed by atoms with Gasteiger partial charge in [0.05, 0.1) is 25.2 Å². The SMILES string of the molecule is C[C@H](N)C(=O)N1CC(F)(F)C[C@H]1CO. The first-order valence-corrected chi connectivity index (χ1v) is 4.42. The van der Waals surface area contributed by atoms with Crippen molar-refractivity contribution in [2.24, 2.45) is 5.73 Å². The highest BCUT2D eigenvalue weighted by Crippen LogP contribution is 2.31. The van der Waals surface area contributed by atoms with Crippen LogP contribution < -0.4 is 5.73 Å². The summed E-state index contributed by atoms with van der Waals surface area (Å²) in [6.45, 7) is 0.347. The van der Waals surface area contributed by atoms with E-state index in [9.17, 15) is 13.6 Å². The lowest BCUT2D eigenvalue weighted by molar-refractivity contribution is -0.134. The molecule has 0 radical (unpaired) electrons. The molecule has 0 spiro atoms. The molecule has 3 N–H and O–H groups in total. The number of nitrogens with zero attached hydrogens (tertiary/aromatic N) is 1. The number of amides is 1. The molecule has 6 heteroatoms. The van der Waals surface area contributed by atoms with Crippen LogP contribution in [0.5, 0.6) is 0 Å². The summed E-state index contributed by atoms with van der Waals surface area (Å²) in [6, 6.07) is -1.61. The third-order valence-electron chi connectivity index (χ3n) is 2.26. The summed E-state index contributed by atoms with van der Waals surface area (Å²) in [6.07, 6.45) is -0.484. The number of likely N-dealkylation sites (tertiary alicyclic amines) is 1. The Morgan fingerprint density at radius 1 is 1.79 bits per heavy atom. The van der Waals surface area contributed by atoms with Crippen molar-refractivity contribution in [3.63, 3.8) is 0 Å². The number of carbonyl (C=O) groups excluding carboxylic acids is 1. The molecule has 1 amide bonds. The van der Waals surface area contributed by atoms with Crippen molar-refractivity contribution in [3.8, 4) is 0 Å². The van der Waals surface area contributed by atoms with Crippen molar-refractivity contribution in [2.45, 2.75) is 31.4 Å². The van der Waals surface area contributed by atoms with Crippen molar-refractivity contribution in [1.29, 1.82) is 0 Å². The van der Waals surface area contributed by atoms with Crippen LogP contribution in [0, 0.1) is 0 Å². The Hall–Kier alpha value is -0.750. The summed E-state index contributed by atoms with van der Waals surface area (Å²) >= 11 is 0. The van der Waals surface area contributed by atoms with Gasteiger partial charge in [0, 0.05) is 6.42 Å². The van der Waals surface area contributed by atoms with Gasteiger partial charge < -0.3 is 15.7 Å². The number of alkyl halides is 2. The van der Waals surface area contributed by atoms with Crippen LogP contribution in [0.4, 0.5) is 8.78 Å². The van der Waals surface area contributed by atoms with Crippen LogP contribution >= 0.6 is 0 Å². The molecule has 0 aromatic carbocycles. The molecular weight excluding hydrogens is 194 g/mol. The molecule has 0 aliphatic carbocycles. The standard InChI is InChI=1S/C8H14F2N2O2/c1-5(11)7(14)12-4-8(9,10)2-6(12)3-13/h5-6,13H,2-4,11H2,1H3/t5-,6-/m0/s1. The molecule has 0 aromatic heterocycles. The third-order valence-corrected chi connectivity index (χ3v) is 2.26. The Labute approximate surface area is 80.7 Å². The van der Waals surface area contributed by atoms with Crippen LogP contribution in [0.3, 0.4) is 0 Å². The van der Waals surface area contributed by atoms with E-state index in [-0.39, 0.29) is 0 Å². The summed E-state index contributed by atoms with van der Waals surface area (Å²) in [4.78, 5) is 12.3. The molecule has 1 aliphatic heterocycles. The molecular formula is C8H14F2N2O2. The van der Waals surface area contributed by atoms with E-state index in [1.807, 2.05) is 0 Å². The van der Waals surface area contributed by atoms with Gasteiger partial charge in [0.2, 0.25) is 5.91 Å². The van der Waals surface area contributed by atoms with E-state index in [2.05, 4.69) is 0 Å². The van der Waals surface area contributed by atoms with Gasteiger partial charge in [-0.05, 0) is 6.92 Å². The number of halogens is 2. The zero-order valence-corrected chi connectivity index (χ0v) is 7.91.